The van der Waals surface area contributed by atoms with Crippen molar-refractivity contribution < 1.29 is 4.52 Å². The van der Waals surface area contributed by atoms with Gasteiger partial charge in [0, 0.05) is 5.41 Å². The van der Waals surface area contributed by atoms with Crippen LogP contribution in [0, 0.1) is 0 Å². The number of thioether (sulfide) groups is 1. The summed E-state index contributed by atoms with van der Waals surface area (Å²) in [5.41, 5.74) is -0.125. The first-order chi connectivity index (χ1) is 10.5. The van der Waals surface area contributed by atoms with Crippen molar-refractivity contribution in [1.29, 1.82) is 0 Å². The number of hydrogen-bond acceptors (Lipinski definition) is 7. The minimum Gasteiger partial charge on any atom is -0.339 e. The normalized spacial score (nSPS) is 17.0. The van der Waals surface area contributed by atoms with Crippen LogP contribution in [-0.2, 0) is 11.2 Å². The highest BCUT2D eigenvalue weighted by atomic mass is 32.2. The molecule has 0 radical (unpaired) electrons. The van der Waals surface area contributed by atoms with Crippen molar-refractivity contribution in [2.45, 2.75) is 75.2 Å². The van der Waals surface area contributed by atoms with Crippen LogP contribution in [0.15, 0.2) is 9.68 Å². The van der Waals surface area contributed by atoms with Gasteiger partial charge in [-0.2, -0.15) is 4.98 Å². The van der Waals surface area contributed by atoms with Crippen LogP contribution in [0.25, 0.3) is 0 Å². The zero-order valence-electron chi connectivity index (χ0n) is 13.3. The van der Waals surface area contributed by atoms with E-state index in [1.807, 2.05) is 4.68 Å². The minimum atomic E-state index is -0.125. The van der Waals surface area contributed by atoms with Gasteiger partial charge in [0.15, 0.2) is 5.82 Å². The summed E-state index contributed by atoms with van der Waals surface area (Å²) < 4.78 is 7.28. The molecule has 2 heterocycles. The summed E-state index contributed by atoms with van der Waals surface area (Å²) in [6.45, 7) is 6.17. The fraction of sp³-hybridized carbons (Fsp3) is 0.786. The molecular weight excluding hydrogens is 300 g/mol. The summed E-state index contributed by atoms with van der Waals surface area (Å²) in [5, 5.41) is 17.0. The third kappa shape index (κ3) is 3.48. The molecule has 0 aromatic carbocycles. The molecule has 1 saturated carbocycles. The van der Waals surface area contributed by atoms with Crippen molar-refractivity contribution in [3.05, 3.63) is 11.7 Å². The van der Waals surface area contributed by atoms with Gasteiger partial charge in [-0.25, -0.2) is 4.68 Å². The van der Waals surface area contributed by atoms with Crippen LogP contribution in [0.3, 0.4) is 0 Å². The van der Waals surface area contributed by atoms with Gasteiger partial charge < -0.3 is 4.52 Å². The first kappa shape index (κ1) is 15.5. The zero-order valence-corrected chi connectivity index (χ0v) is 14.1. The molecule has 8 heteroatoms. The Morgan fingerprint density at radius 1 is 1.23 bits per heavy atom. The third-order valence-electron chi connectivity index (χ3n) is 3.82. The van der Waals surface area contributed by atoms with Crippen LogP contribution < -0.4 is 0 Å². The third-order valence-corrected chi connectivity index (χ3v) is 4.75. The summed E-state index contributed by atoms with van der Waals surface area (Å²) in [4.78, 5) is 4.45. The van der Waals surface area contributed by atoms with Crippen LogP contribution in [0.2, 0.25) is 0 Å². The van der Waals surface area contributed by atoms with Gasteiger partial charge in [0.2, 0.25) is 11.0 Å². The first-order valence-electron chi connectivity index (χ1n) is 7.78. The monoisotopic (exact) mass is 322 g/mol. The molecule has 1 fully saturated rings. The molecule has 3 rings (SSSR count). The Hall–Kier alpha value is -1.44. The number of aromatic nitrogens is 6. The van der Waals surface area contributed by atoms with E-state index >= 15 is 0 Å². The van der Waals surface area contributed by atoms with E-state index in [1.54, 1.807) is 11.8 Å². The second kappa shape index (κ2) is 6.36. The molecule has 0 aliphatic heterocycles. The molecule has 0 unspecified atom stereocenters. The van der Waals surface area contributed by atoms with Gasteiger partial charge in [0.05, 0.1) is 11.8 Å². The molecule has 0 saturated heterocycles. The topological polar surface area (TPSA) is 82.5 Å². The van der Waals surface area contributed by atoms with Crippen molar-refractivity contribution in [1.82, 2.24) is 30.3 Å². The van der Waals surface area contributed by atoms with E-state index in [-0.39, 0.29) is 5.41 Å². The fourth-order valence-electron chi connectivity index (χ4n) is 2.58. The Balaban J connectivity index is 1.64. The lowest BCUT2D eigenvalue weighted by molar-refractivity contribution is 0.307. The molecule has 0 amide bonds. The molecule has 120 valence electrons. The van der Waals surface area contributed by atoms with Crippen molar-refractivity contribution in [2.75, 3.05) is 0 Å². The lowest BCUT2D eigenvalue weighted by Gasteiger charge is -2.21. The first-order valence-corrected chi connectivity index (χ1v) is 8.76. The Kier molecular flexibility index (Phi) is 4.46. The van der Waals surface area contributed by atoms with Gasteiger partial charge in [-0.1, -0.05) is 57.0 Å². The van der Waals surface area contributed by atoms with E-state index in [0.29, 0.717) is 23.5 Å². The standard InChI is InChI=1S/C14H22N6OS/c1-14(2,3)12-15-11(17-21-12)9-22-13-16-18-19-20(13)10-7-5-4-6-8-10/h10H,4-9H2,1-3H3. The maximum Gasteiger partial charge on any atom is 0.232 e. The van der Waals surface area contributed by atoms with E-state index in [0.717, 1.165) is 18.0 Å². The largest absolute Gasteiger partial charge is 0.339 e. The molecule has 0 atom stereocenters. The van der Waals surface area contributed by atoms with Gasteiger partial charge >= 0.3 is 0 Å². The van der Waals surface area contributed by atoms with Gasteiger partial charge in [0.1, 0.15) is 0 Å². The number of hydrogen-bond donors (Lipinski definition) is 0. The van der Waals surface area contributed by atoms with E-state index in [9.17, 15) is 0 Å². The molecular formula is C14H22N6OS. The molecule has 0 bridgehead atoms. The summed E-state index contributed by atoms with van der Waals surface area (Å²) >= 11 is 1.57. The maximum absolute atomic E-state index is 5.31. The fourth-order valence-corrected chi connectivity index (χ4v) is 3.37. The van der Waals surface area contributed by atoms with Crippen LogP contribution in [-0.4, -0.2) is 30.3 Å². The Morgan fingerprint density at radius 2 is 2.00 bits per heavy atom. The van der Waals surface area contributed by atoms with Crippen LogP contribution in [0.5, 0.6) is 0 Å². The maximum atomic E-state index is 5.31. The average Bonchev–Trinajstić information content (AvgIpc) is 3.14. The van der Waals surface area contributed by atoms with Crippen molar-refractivity contribution in [3.63, 3.8) is 0 Å². The second-order valence-corrected chi connectivity index (χ2v) is 7.69. The van der Waals surface area contributed by atoms with Gasteiger partial charge in [-0.3, -0.25) is 0 Å². The molecule has 2 aromatic heterocycles. The van der Waals surface area contributed by atoms with Gasteiger partial charge in [0.25, 0.3) is 0 Å². The lowest BCUT2D eigenvalue weighted by Crippen LogP contribution is -2.15. The van der Waals surface area contributed by atoms with Gasteiger partial charge in [-0.15, -0.1) is 5.10 Å². The van der Waals surface area contributed by atoms with Crippen LogP contribution in [0.1, 0.15) is 70.6 Å². The summed E-state index contributed by atoms with van der Waals surface area (Å²) in [6, 6.07) is 0.432. The highest BCUT2D eigenvalue weighted by molar-refractivity contribution is 7.98. The summed E-state index contributed by atoms with van der Waals surface area (Å²) in [6.07, 6.45) is 6.16. The quantitative estimate of drug-likeness (QED) is 0.799. The van der Waals surface area contributed by atoms with Gasteiger partial charge in [-0.05, 0) is 23.3 Å². The summed E-state index contributed by atoms with van der Waals surface area (Å²) in [5.74, 6) is 1.97. The Morgan fingerprint density at radius 3 is 2.68 bits per heavy atom. The van der Waals surface area contributed by atoms with E-state index in [4.69, 9.17) is 4.52 Å². The molecule has 2 aromatic rings. The number of rotatable bonds is 4. The van der Waals surface area contributed by atoms with E-state index < -0.39 is 0 Å². The van der Waals surface area contributed by atoms with E-state index in [2.05, 4.69) is 46.4 Å². The second-order valence-electron chi connectivity index (χ2n) is 6.75. The highest BCUT2D eigenvalue weighted by Gasteiger charge is 2.23. The number of tetrazole rings is 1. The SMILES string of the molecule is CC(C)(C)c1nc(CSc2nnnn2C2CCCCC2)no1. The molecule has 22 heavy (non-hydrogen) atoms. The Labute approximate surface area is 134 Å². The highest BCUT2D eigenvalue weighted by Crippen LogP contribution is 2.31. The van der Waals surface area contributed by atoms with Crippen molar-refractivity contribution in [3.8, 4) is 0 Å². The molecule has 0 spiro atoms. The average molecular weight is 322 g/mol. The minimum absolute atomic E-state index is 0.125. The Bertz CT molecular complexity index is 611. The lowest BCUT2D eigenvalue weighted by atomic mass is 9.96. The molecule has 0 N–H and O–H groups in total. The predicted molar refractivity (Wildman–Crippen MR) is 82.5 cm³/mol. The van der Waals surface area contributed by atoms with E-state index in [1.165, 1.54) is 19.3 Å². The van der Waals surface area contributed by atoms with Crippen molar-refractivity contribution in [2.24, 2.45) is 0 Å². The summed E-state index contributed by atoms with van der Waals surface area (Å²) in [7, 11) is 0. The molecule has 1 aliphatic carbocycles. The predicted octanol–water partition coefficient (Wildman–Crippen LogP) is 3.15. The van der Waals surface area contributed by atoms with Crippen LogP contribution in [0.4, 0.5) is 0 Å². The van der Waals surface area contributed by atoms with Crippen LogP contribution >= 0.6 is 11.8 Å². The zero-order chi connectivity index (χ0) is 15.6. The smallest absolute Gasteiger partial charge is 0.232 e. The molecule has 1 aliphatic rings. The molecule has 7 nitrogen and oxygen atoms in total. The van der Waals surface area contributed by atoms with Crippen molar-refractivity contribution >= 4 is 11.8 Å². The number of nitrogens with zero attached hydrogens (tertiary/aromatic N) is 6.